The van der Waals surface area contributed by atoms with Crippen LogP contribution in [0.15, 0.2) is 97.1 Å². The van der Waals surface area contributed by atoms with Gasteiger partial charge in [-0.3, -0.25) is 0 Å². The normalized spacial score (nSPS) is 10.7. The summed E-state index contributed by atoms with van der Waals surface area (Å²) in [5.74, 6) is 0. The SMILES string of the molecule is Clc1ccc(-n2c(-c3ccccc3)ccc2-c2ccccc2)cc1. The zero-order valence-electron chi connectivity index (χ0n) is 13.1. The molecule has 2 heteroatoms. The van der Waals surface area contributed by atoms with Gasteiger partial charge in [0.1, 0.15) is 0 Å². The van der Waals surface area contributed by atoms with Crippen molar-refractivity contribution in [2.45, 2.75) is 0 Å². The molecule has 0 radical (unpaired) electrons. The first kappa shape index (κ1) is 14.8. The topological polar surface area (TPSA) is 4.93 Å². The van der Waals surface area contributed by atoms with Crippen LogP contribution in [0.1, 0.15) is 0 Å². The van der Waals surface area contributed by atoms with Crippen molar-refractivity contribution in [3.63, 3.8) is 0 Å². The molecule has 0 bridgehead atoms. The van der Waals surface area contributed by atoms with Gasteiger partial charge in [-0.25, -0.2) is 0 Å². The highest BCUT2D eigenvalue weighted by Gasteiger charge is 2.13. The van der Waals surface area contributed by atoms with Gasteiger partial charge in [0.2, 0.25) is 0 Å². The molecule has 3 aromatic carbocycles. The summed E-state index contributed by atoms with van der Waals surface area (Å²) in [4.78, 5) is 0. The monoisotopic (exact) mass is 329 g/mol. The second-order valence-corrected chi connectivity index (χ2v) is 6.08. The fourth-order valence-corrected chi connectivity index (χ4v) is 3.10. The highest BCUT2D eigenvalue weighted by molar-refractivity contribution is 6.30. The van der Waals surface area contributed by atoms with Crippen molar-refractivity contribution in [1.82, 2.24) is 4.57 Å². The molecule has 4 rings (SSSR count). The molecule has 0 saturated carbocycles. The Kier molecular flexibility index (Phi) is 3.94. The first-order valence-electron chi connectivity index (χ1n) is 7.91. The summed E-state index contributed by atoms with van der Waals surface area (Å²) in [5.41, 5.74) is 5.81. The Labute approximate surface area is 146 Å². The van der Waals surface area contributed by atoms with Crippen LogP contribution in [0.25, 0.3) is 28.2 Å². The fraction of sp³-hybridized carbons (Fsp3) is 0. The van der Waals surface area contributed by atoms with Gasteiger partial charge in [-0.15, -0.1) is 0 Å². The molecule has 1 nitrogen and oxygen atoms in total. The van der Waals surface area contributed by atoms with E-state index in [0.29, 0.717) is 0 Å². The van der Waals surface area contributed by atoms with E-state index < -0.39 is 0 Å². The Hall–Kier alpha value is -2.77. The molecular weight excluding hydrogens is 314 g/mol. The zero-order valence-corrected chi connectivity index (χ0v) is 13.8. The van der Waals surface area contributed by atoms with Gasteiger partial charge in [0.25, 0.3) is 0 Å². The number of aromatic nitrogens is 1. The maximum absolute atomic E-state index is 6.08. The van der Waals surface area contributed by atoms with Crippen LogP contribution < -0.4 is 0 Å². The molecule has 4 aromatic rings. The van der Waals surface area contributed by atoms with E-state index in [1.54, 1.807) is 0 Å². The van der Waals surface area contributed by atoms with Gasteiger partial charge < -0.3 is 4.57 Å². The molecule has 0 aliphatic rings. The van der Waals surface area contributed by atoms with Crippen molar-refractivity contribution in [1.29, 1.82) is 0 Å². The number of benzene rings is 3. The number of hydrogen-bond donors (Lipinski definition) is 0. The Morgan fingerprint density at radius 1 is 0.500 bits per heavy atom. The second kappa shape index (κ2) is 6.38. The lowest BCUT2D eigenvalue weighted by atomic mass is 10.1. The Morgan fingerprint density at radius 2 is 0.958 bits per heavy atom. The molecule has 24 heavy (non-hydrogen) atoms. The van der Waals surface area contributed by atoms with Crippen molar-refractivity contribution < 1.29 is 0 Å². The van der Waals surface area contributed by atoms with Crippen LogP contribution in [0.2, 0.25) is 5.02 Å². The second-order valence-electron chi connectivity index (χ2n) is 5.65. The van der Waals surface area contributed by atoms with Gasteiger partial charge in [0.05, 0.1) is 11.4 Å². The summed E-state index contributed by atoms with van der Waals surface area (Å²) >= 11 is 6.08. The van der Waals surface area contributed by atoms with Crippen LogP contribution in [0.5, 0.6) is 0 Å². The first-order valence-corrected chi connectivity index (χ1v) is 8.29. The van der Waals surface area contributed by atoms with E-state index >= 15 is 0 Å². The summed E-state index contributed by atoms with van der Waals surface area (Å²) < 4.78 is 2.28. The molecule has 0 saturated heterocycles. The Morgan fingerprint density at radius 3 is 1.42 bits per heavy atom. The molecule has 1 aromatic heterocycles. The fourth-order valence-electron chi connectivity index (χ4n) is 2.97. The smallest absolute Gasteiger partial charge is 0.0535 e. The molecule has 0 atom stereocenters. The third-order valence-electron chi connectivity index (χ3n) is 4.10. The van der Waals surface area contributed by atoms with E-state index in [4.69, 9.17) is 11.6 Å². The van der Waals surface area contributed by atoms with E-state index in [2.05, 4.69) is 77.4 Å². The lowest BCUT2D eigenvalue weighted by Crippen LogP contribution is -1.99. The van der Waals surface area contributed by atoms with E-state index in [9.17, 15) is 0 Å². The Bertz CT molecular complexity index is 881. The molecule has 0 N–H and O–H groups in total. The van der Waals surface area contributed by atoms with E-state index in [1.165, 1.54) is 11.1 Å². The Balaban J connectivity index is 1.96. The quantitative estimate of drug-likeness (QED) is 0.406. The summed E-state index contributed by atoms with van der Waals surface area (Å²) in [7, 11) is 0. The van der Waals surface area contributed by atoms with E-state index in [0.717, 1.165) is 22.1 Å². The highest BCUT2D eigenvalue weighted by atomic mass is 35.5. The maximum Gasteiger partial charge on any atom is 0.0535 e. The zero-order chi connectivity index (χ0) is 16.4. The molecule has 0 aliphatic heterocycles. The lowest BCUT2D eigenvalue weighted by molar-refractivity contribution is 1.09. The predicted molar refractivity (Wildman–Crippen MR) is 102 cm³/mol. The van der Waals surface area contributed by atoms with Crippen LogP contribution in [0, 0.1) is 0 Å². The van der Waals surface area contributed by atoms with Gasteiger partial charge in [-0.1, -0.05) is 72.3 Å². The minimum atomic E-state index is 0.744. The van der Waals surface area contributed by atoms with Crippen LogP contribution in [-0.2, 0) is 0 Å². The number of nitrogens with zero attached hydrogens (tertiary/aromatic N) is 1. The third kappa shape index (κ3) is 2.75. The number of hydrogen-bond acceptors (Lipinski definition) is 0. The molecule has 0 unspecified atom stereocenters. The molecule has 0 aliphatic carbocycles. The lowest BCUT2D eigenvalue weighted by Gasteiger charge is -2.14. The van der Waals surface area contributed by atoms with Crippen molar-refractivity contribution >= 4 is 11.6 Å². The minimum absolute atomic E-state index is 0.744. The van der Waals surface area contributed by atoms with Crippen LogP contribution >= 0.6 is 11.6 Å². The summed E-state index contributed by atoms with van der Waals surface area (Å²) in [6, 6.07) is 33.2. The first-order chi connectivity index (χ1) is 11.8. The summed E-state index contributed by atoms with van der Waals surface area (Å²) in [6.07, 6.45) is 0. The van der Waals surface area contributed by atoms with Gasteiger partial charge in [0, 0.05) is 10.7 Å². The van der Waals surface area contributed by atoms with Gasteiger partial charge >= 0.3 is 0 Å². The van der Waals surface area contributed by atoms with E-state index in [1.807, 2.05) is 24.3 Å². The predicted octanol–water partition coefficient (Wildman–Crippen LogP) is 6.46. The largest absolute Gasteiger partial charge is 0.309 e. The highest BCUT2D eigenvalue weighted by Crippen LogP contribution is 2.32. The molecule has 1 heterocycles. The van der Waals surface area contributed by atoms with Crippen LogP contribution in [-0.4, -0.2) is 4.57 Å². The standard InChI is InChI=1S/C22H16ClN/c23-19-11-13-20(14-12-19)24-21(17-7-3-1-4-8-17)15-16-22(24)18-9-5-2-6-10-18/h1-16H. The molecule has 116 valence electrons. The van der Waals surface area contributed by atoms with E-state index in [-0.39, 0.29) is 0 Å². The molecular formula is C22H16ClN. The number of halogens is 1. The molecule has 0 spiro atoms. The van der Waals surface area contributed by atoms with Gasteiger partial charge in [-0.2, -0.15) is 0 Å². The summed E-state index contributed by atoms with van der Waals surface area (Å²) in [5, 5.41) is 0.744. The number of rotatable bonds is 3. The van der Waals surface area contributed by atoms with Crippen molar-refractivity contribution in [2.24, 2.45) is 0 Å². The van der Waals surface area contributed by atoms with Gasteiger partial charge in [-0.05, 0) is 47.5 Å². The van der Waals surface area contributed by atoms with Crippen molar-refractivity contribution in [3.8, 4) is 28.2 Å². The van der Waals surface area contributed by atoms with Crippen LogP contribution in [0.3, 0.4) is 0 Å². The minimum Gasteiger partial charge on any atom is -0.309 e. The third-order valence-corrected chi connectivity index (χ3v) is 4.36. The van der Waals surface area contributed by atoms with Crippen molar-refractivity contribution in [3.05, 3.63) is 102 Å². The maximum atomic E-state index is 6.08. The average Bonchev–Trinajstić information content (AvgIpc) is 3.09. The molecule has 0 amide bonds. The van der Waals surface area contributed by atoms with Crippen LogP contribution in [0.4, 0.5) is 0 Å². The summed E-state index contributed by atoms with van der Waals surface area (Å²) in [6.45, 7) is 0. The molecule has 0 fully saturated rings. The van der Waals surface area contributed by atoms with Crippen molar-refractivity contribution in [2.75, 3.05) is 0 Å². The van der Waals surface area contributed by atoms with Gasteiger partial charge in [0.15, 0.2) is 0 Å². The average molecular weight is 330 g/mol.